The van der Waals surface area contributed by atoms with Crippen LogP contribution in [0.2, 0.25) is 0 Å². The van der Waals surface area contributed by atoms with Crippen LogP contribution in [0, 0.1) is 17.2 Å². The second kappa shape index (κ2) is 7.98. The molecule has 2 aromatic carbocycles. The van der Waals surface area contributed by atoms with Gasteiger partial charge in [0.2, 0.25) is 0 Å². The molecule has 164 valence electrons. The second-order valence-electron chi connectivity index (χ2n) is 8.17. The molecule has 1 fully saturated rings. The molecule has 0 bridgehead atoms. The third kappa shape index (κ3) is 4.43. The van der Waals surface area contributed by atoms with E-state index in [9.17, 15) is 22.4 Å². The van der Waals surface area contributed by atoms with Gasteiger partial charge >= 0.3 is 12.1 Å². The Hall–Kier alpha value is -2.90. The summed E-state index contributed by atoms with van der Waals surface area (Å²) in [5.74, 6) is -2.01. The van der Waals surface area contributed by atoms with Crippen LogP contribution >= 0.6 is 0 Å². The highest BCUT2D eigenvalue weighted by Gasteiger charge is 2.60. The maximum atomic E-state index is 13.9. The van der Waals surface area contributed by atoms with E-state index in [4.69, 9.17) is 5.10 Å². The minimum absolute atomic E-state index is 0.249. The molecule has 0 N–H and O–H groups in total. The summed E-state index contributed by atoms with van der Waals surface area (Å²) in [7, 11) is 0. The molecule has 1 saturated carbocycles. The van der Waals surface area contributed by atoms with Gasteiger partial charge in [-0.3, -0.25) is 9.80 Å². The molecule has 0 amide bonds. The normalized spacial score (nSPS) is 20.5. The van der Waals surface area contributed by atoms with E-state index in [2.05, 4.69) is 4.74 Å². The molecule has 2 unspecified atom stereocenters. The lowest BCUT2D eigenvalue weighted by Gasteiger charge is -2.30. The van der Waals surface area contributed by atoms with Crippen LogP contribution in [0.5, 0.6) is 0 Å². The van der Waals surface area contributed by atoms with E-state index >= 15 is 0 Å². The molecule has 4 rings (SSSR count). The van der Waals surface area contributed by atoms with Gasteiger partial charge in [-0.05, 0) is 43.5 Å². The van der Waals surface area contributed by atoms with Crippen LogP contribution in [0.1, 0.15) is 31.7 Å². The zero-order chi connectivity index (χ0) is 22.2. The number of hydrogen-bond acceptors (Lipinski definition) is 4. The molecule has 0 aromatic heterocycles. The van der Waals surface area contributed by atoms with Crippen molar-refractivity contribution in [1.29, 1.82) is 0 Å². The van der Waals surface area contributed by atoms with Gasteiger partial charge in [0.25, 0.3) is 0 Å². The van der Waals surface area contributed by atoms with Crippen molar-refractivity contribution in [2.45, 2.75) is 38.4 Å². The molecule has 1 spiro atoms. The maximum Gasteiger partial charge on any atom is 0.422 e. The van der Waals surface area contributed by atoms with Gasteiger partial charge in [-0.2, -0.15) is 18.3 Å². The average Bonchev–Trinajstić information content (AvgIpc) is 3.46. The maximum absolute atomic E-state index is 13.9. The van der Waals surface area contributed by atoms with E-state index in [-0.39, 0.29) is 23.7 Å². The Balaban J connectivity index is 1.62. The first-order valence-electron chi connectivity index (χ1n) is 10.1. The lowest BCUT2D eigenvalue weighted by atomic mass is 9.83. The molecule has 1 heterocycles. The van der Waals surface area contributed by atoms with Gasteiger partial charge in [0, 0.05) is 11.0 Å². The Morgan fingerprint density at radius 3 is 2.52 bits per heavy atom. The molecule has 4 nitrogen and oxygen atoms in total. The number of hydrogen-bond donors (Lipinski definition) is 0. The van der Waals surface area contributed by atoms with Crippen molar-refractivity contribution < 1.29 is 27.1 Å². The SMILES string of the molecule is CC(CC1N(c2ccccc2)N=C(c2cccc(F)c2)C12CC2)C(=O)OCC(F)(F)F. The molecule has 2 atom stereocenters. The number of ether oxygens (including phenoxy) is 1. The van der Waals surface area contributed by atoms with Crippen molar-refractivity contribution in [1.82, 2.24) is 0 Å². The number of carbonyl (C=O) groups excluding carboxylic acids is 1. The van der Waals surface area contributed by atoms with Crippen molar-refractivity contribution in [3.05, 3.63) is 66.0 Å². The molecule has 0 radical (unpaired) electrons. The van der Waals surface area contributed by atoms with E-state index in [0.717, 1.165) is 24.2 Å². The van der Waals surface area contributed by atoms with Crippen LogP contribution in [0.4, 0.5) is 23.2 Å². The van der Waals surface area contributed by atoms with Crippen LogP contribution in [0.15, 0.2) is 59.7 Å². The fourth-order valence-electron chi connectivity index (χ4n) is 4.22. The number of carbonyl (C=O) groups is 1. The Morgan fingerprint density at radius 1 is 1.19 bits per heavy atom. The summed E-state index contributed by atoms with van der Waals surface area (Å²) >= 11 is 0. The number of para-hydroxylation sites is 1. The predicted molar refractivity (Wildman–Crippen MR) is 108 cm³/mol. The number of esters is 1. The van der Waals surface area contributed by atoms with Crippen molar-refractivity contribution in [3.63, 3.8) is 0 Å². The van der Waals surface area contributed by atoms with Gasteiger partial charge < -0.3 is 4.74 Å². The Morgan fingerprint density at radius 2 is 1.90 bits per heavy atom. The van der Waals surface area contributed by atoms with E-state index in [0.29, 0.717) is 5.56 Å². The van der Waals surface area contributed by atoms with Crippen LogP contribution in [-0.4, -0.2) is 30.5 Å². The predicted octanol–water partition coefficient (Wildman–Crippen LogP) is 5.33. The lowest BCUT2D eigenvalue weighted by Crippen LogP contribution is -2.38. The van der Waals surface area contributed by atoms with Crippen molar-refractivity contribution in [2.75, 3.05) is 11.6 Å². The van der Waals surface area contributed by atoms with Crippen LogP contribution in [0.3, 0.4) is 0 Å². The number of nitrogens with zero attached hydrogens (tertiary/aromatic N) is 2. The molecule has 2 aromatic rings. The fourth-order valence-corrected chi connectivity index (χ4v) is 4.22. The summed E-state index contributed by atoms with van der Waals surface area (Å²) in [5, 5.41) is 6.64. The molecule has 1 aliphatic carbocycles. The molecule has 8 heteroatoms. The third-order valence-corrected chi connectivity index (χ3v) is 5.88. The molecule has 2 aliphatic rings. The highest BCUT2D eigenvalue weighted by atomic mass is 19.4. The summed E-state index contributed by atoms with van der Waals surface area (Å²) in [6.45, 7) is -0.0302. The average molecular weight is 434 g/mol. The largest absolute Gasteiger partial charge is 0.456 e. The zero-order valence-corrected chi connectivity index (χ0v) is 16.9. The van der Waals surface area contributed by atoms with Crippen molar-refractivity contribution in [3.8, 4) is 0 Å². The molecule has 31 heavy (non-hydrogen) atoms. The summed E-state index contributed by atoms with van der Waals surface area (Å²) in [4.78, 5) is 12.2. The highest BCUT2D eigenvalue weighted by molar-refractivity contribution is 6.09. The first-order valence-corrected chi connectivity index (χ1v) is 10.1. The minimum atomic E-state index is -4.57. The topological polar surface area (TPSA) is 41.9 Å². The summed E-state index contributed by atoms with van der Waals surface area (Å²) in [5.41, 5.74) is 1.85. The number of benzene rings is 2. The van der Waals surface area contributed by atoms with Crippen molar-refractivity contribution >= 4 is 17.4 Å². The van der Waals surface area contributed by atoms with Gasteiger partial charge in [0.05, 0.1) is 23.4 Å². The first-order chi connectivity index (χ1) is 14.7. The van der Waals surface area contributed by atoms with Gasteiger partial charge in [-0.25, -0.2) is 4.39 Å². The number of rotatable bonds is 6. The number of alkyl halides is 3. The standard InChI is InChI=1S/C23H22F4N2O2/c1-15(21(30)31-14-23(25,26)27)12-19-22(10-11-22)20(16-6-5-7-17(24)13-16)28-29(19)18-8-3-2-4-9-18/h2-9,13,15,19H,10-12,14H2,1H3. The van der Waals surface area contributed by atoms with Gasteiger partial charge in [0.15, 0.2) is 6.61 Å². The smallest absolute Gasteiger partial charge is 0.422 e. The van der Waals surface area contributed by atoms with Crippen LogP contribution in [0.25, 0.3) is 0 Å². The highest BCUT2D eigenvalue weighted by Crippen LogP contribution is 2.58. The summed E-state index contributed by atoms with van der Waals surface area (Å²) in [6, 6.07) is 15.3. The quantitative estimate of drug-likeness (QED) is 0.456. The first kappa shape index (κ1) is 21.3. The fraction of sp³-hybridized carbons (Fsp3) is 0.391. The second-order valence-corrected chi connectivity index (χ2v) is 8.17. The van der Waals surface area contributed by atoms with Gasteiger partial charge in [-0.1, -0.05) is 37.3 Å². The molecular formula is C23H22F4N2O2. The van der Waals surface area contributed by atoms with Crippen LogP contribution < -0.4 is 5.01 Å². The summed E-state index contributed by atoms with van der Waals surface area (Å²) in [6.07, 6.45) is -2.68. The van der Waals surface area contributed by atoms with Gasteiger partial charge in [-0.15, -0.1) is 0 Å². The van der Waals surface area contributed by atoms with E-state index < -0.39 is 24.7 Å². The molecule has 1 aliphatic heterocycles. The third-order valence-electron chi connectivity index (χ3n) is 5.88. The Labute approximate surface area is 177 Å². The van der Waals surface area contributed by atoms with Crippen LogP contribution in [-0.2, 0) is 9.53 Å². The van der Waals surface area contributed by atoms with E-state index in [1.54, 1.807) is 19.1 Å². The number of halogens is 4. The van der Waals surface area contributed by atoms with E-state index in [1.807, 2.05) is 35.3 Å². The number of anilines is 1. The van der Waals surface area contributed by atoms with Gasteiger partial charge in [0.1, 0.15) is 5.82 Å². The minimum Gasteiger partial charge on any atom is -0.456 e. The zero-order valence-electron chi connectivity index (χ0n) is 16.9. The lowest BCUT2D eigenvalue weighted by molar-refractivity contribution is -0.189. The molecule has 0 saturated heterocycles. The van der Waals surface area contributed by atoms with Crippen molar-refractivity contribution in [2.24, 2.45) is 16.4 Å². The Bertz CT molecular complexity index is 987. The number of hydrazone groups is 1. The van der Waals surface area contributed by atoms with E-state index in [1.165, 1.54) is 12.1 Å². The monoisotopic (exact) mass is 434 g/mol. The summed E-state index contributed by atoms with van der Waals surface area (Å²) < 4.78 is 55.7. The molecular weight excluding hydrogens is 412 g/mol. The Kier molecular flexibility index (Phi) is 5.49.